The number of para-hydroxylation sites is 1. The normalized spacial score (nSPS) is 14.1. The van der Waals surface area contributed by atoms with E-state index in [4.69, 9.17) is 9.47 Å². The number of carbonyl (C=O) groups excluding carboxylic acids is 1. The highest BCUT2D eigenvalue weighted by molar-refractivity contribution is 5.67. The number of carbonyl (C=O) groups is 1. The molecule has 0 aromatic heterocycles. The maximum Gasteiger partial charge on any atom is 0.407 e. The number of hydrogen-bond acceptors (Lipinski definition) is 5. The summed E-state index contributed by atoms with van der Waals surface area (Å²) >= 11 is 0. The fourth-order valence-corrected chi connectivity index (χ4v) is 1.83. The van der Waals surface area contributed by atoms with Crippen LogP contribution in [0.2, 0.25) is 0 Å². The molecule has 0 aliphatic rings. The lowest BCUT2D eigenvalue weighted by Crippen LogP contribution is -2.38. The largest absolute Gasteiger partial charge is 0.493 e. The Kier molecular flexibility index (Phi) is 6.64. The van der Waals surface area contributed by atoms with Crippen LogP contribution in [0.25, 0.3) is 0 Å². The monoisotopic (exact) mass is 311 g/mol. The van der Waals surface area contributed by atoms with Gasteiger partial charge in [-0.05, 0) is 33.8 Å². The highest BCUT2D eigenvalue weighted by Gasteiger charge is 2.23. The van der Waals surface area contributed by atoms with E-state index in [9.17, 15) is 15.0 Å². The van der Waals surface area contributed by atoms with Crippen LogP contribution in [-0.4, -0.2) is 41.2 Å². The quantitative estimate of drug-likeness (QED) is 0.748. The van der Waals surface area contributed by atoms with E-state index in [0.717, 1.165) is 0 Å². The number of rotatable bonds is 6. The van der Waals surface area contributed by atoms with Gasteiger partial charge >= 0.3 is 6.09 Å². The molecule has 22 heavy (non-hydrogen) atoms. The van der Waals surface area contributed by atoms with Gasteiger partial charge in [0.1, 0.15) is 23.6 Å². The third-order valence-electron chi connectivity index (χ3n) is 2.76. The number of aliphatic hydroxyl groups is 2. The minimum atomic E-state index is -1.17. The molecule has 0 aliphatic carbocycles. The Bertz CT molecular complexity index is 484. The third kappa shape index (κ3) is 5.91. The van der Waals surface area contributed by atoms with Crippen molar-refractivity contribution in [3.63, 3.8) is 0 Å². The second-order valence-electron chi connectivity index (χ2n) is 5.87. The Labute approximate surface area is 131 Å². The molecule has 0 fully saturated rings. The van der Waals surface area contributed by atoms with Gasteiger partial charge in [0.15, 0.2) is 0 Å². The lowest BCUT2D eigenvalue weighted by molar-refractivity contribution is 0.0117. The molecular formula is C16H25NO5. The van der Waals surface area contributed by atoms with Crippen LogP contribution in [0.5, 0.6) is 5.75 Å². The van der Waals surface area contributed by atoms with Crippen LogP contribution in [0.15, 0.2) is 24.3 Å². The van der Waals surface area contributed by atoms with Gasteiger partial charge in [0.25, 0.3) is 0 Å². The number of nitrogens with one attached hydrogen (secondary N) is 1. The molecule has 1 amide bonds. The van der Waals surface area contributed by atoms with Crippen molar-refractivity contribution in [1.82, 2.24) is 5.32 Å². The molecule has 2 atom stereocenters. The van der Waals surface area contributed by atoms with Gasteiger partial charge in [0.2, 0.25) is 0 Å². The van der Waals surface area contributed by atoms with Gasteiger partial charge in [-0.1, -0.05) is 18.2 Å². The van der Waals surface area contributed by atoms with E-state index in [-0.39, 0.29) is 6.54 Å². The summed E-state index contributed by atoms with van der Waals surface area (Å²) in [4.78, 5) is 11.5. The predicted octanol–water partition coefficient (Wildman–Crippen LogP) is 2.00. The minimum absolute atomic E-state index is 0.128. The van der Waals surface area contributed by atoms with Crippen LogP contribution in [0.4, 0.5) is 4.79 Å². The van der Waals surface area contributed by atoms with Crippen molar-refractivity contribution in [2.24, 2.45) is 0 Å². The average Bonchev–Trinajstić information content (AvgIpc) is 2.43. The van der Waals surface area contributed by atoms with Crippen molar-refractivity contribution >= 4 is 6.09 Å². The summed E-state index contributed by atoms with van der Waals surface area (Å²) < 4.78 is 10.5. The van der Waals surface area contributed by atoms with E-state index >= 15 is 0 Å². The molecule has 0 saturated carbocycles. The second-order valence-corrected chi connectivity index (χ2v) is 5.87. The van der Waals surface area contributed by atoms with E-state index in [2.05, 4.69) is 5.32 Å². The van der Waals surface area contributed by atoms with Crippen molar-refractivity contribution in [3.8, 4) is 5.75 Å². The maximum atomic E-state index is 11.5. The summed E-state index contributed by atoms with van der Waals surface area (Å²) in [6.45, 7) is 7.40. The molecule has 0 bridgehead atoms. The summed E-state index contributed by atoms with van der Waals surface area (Å²) in [6.07, 6.45) is -2.98. The highest BCUT2D eigenvalue weighted by Crippen LogP contribution is 2.27. The van der Waals surface area contributed by atoms with E-state index in [1.54, 1.807) is 45.0 Å². The van der Waals surface area contributed by atoms with Crippen LogP contribution in [0.3, 0.4) is 0 Å². The van der Waals surface area contributed by atoms with E-state index in [1.807, 2.05) is 6.92 Å². The summed E-state index contributed by atoms with van der Waals surface area (Å²) in [5, 5.41) is 22.7. The molecule has 124 valence electrons. The molecule has 1 aromatic carbocycles. The SMILES string of the molecule is CCOc1ccccc1C(O)C(O)CNC(=O)OC(C)(C)C. The summed E-state index contributed by atoms with van der Waals surface area (Å²) in [5.74, 6) is 0.508. The zero-order valence-electron chi connectivity index (χ0n) is 13.5. The topological polar surface area (TPSA) is 88.0 Å². The van der Waals surface area contributed by atoms with Crippen LogP contribution in [0, 0.1) is 0 Å². The number of alkyl carbamates (subject to hydrolysis) is 1. The number of amides is 1. The van der Waals surface area contributed by atoms with Gasteiger partial charge in [-0.3, -0.25) is 0 Å². The Balaban J connectivity index is 2.62. The number of ether oxygens (including phenoxy) is 2. The van der Waals surface area contributed by atoms with Gasteiger partial charge in [0.05, 0.1) is 6.61 Å². The summed E-state index contributed by atoms with van der Waals surface area (Å²) in [7, 11) is 0. The first-order chi connectivity index (χ1) is 10.2. The molecule has 0 spiro atoms. The lowest BCUT2D eigenvalue weighted by Gasteiger charge is -2.23. The second kappa shape index (κ2) is 8.00. The van der Waals surface area contributed by atoms with Crippen LogP contribution < -0.4 is 10.1 Å². The Hall–Kier alpha value is -1.79. The first-order valence-corrected chi connectivity index (χ1v) is 7.29. The van der Waals surface area contributed by atoms with Gasteiger partial charge in [0, 0.05) is 12.1 Å². The fourth-order valence-electron chi connectivity index (χ4n) is 1.83. The predicted molar refractivity (Wildman–Crippen MR) is 82.8 cm³/mol. The standard InChI is InChI=1S/C16H25NO5/c1-5-21-13-9-7-6-8-11(13)14(19)12(18)10-17-15(20)22-16(2,3)4/h6-9,12,14,18-19H,5,10H2,1-4H3,(H,17,20). The highest BCUT2D eigenvalue weighted by atomic mass is 16.6. The molecule has 0 saturated heterocycles. The van der Waals surface area contributed by atoms with Gasteiger partial charge in [-0.15, -0.1) is 0 Å². The molecular weight excluding hydrogens is 286 g/mol. The van der Waals surface area contributed by atoms with E-state index in [0.29, 0.717) is 17.9 Å². The number of hydrogen-bond donors (Lipinski definition) is 3. The number of aliphatic hydroxyl groups excluding tert-OH is 2. The van der Waals surface area contributed by atoms with Crippen molar-refractivity contribution in [3.05, 3.63) is 29.8 Å². The first-order valence-electron chi connectivity index (χ1n) is 7.29. The van der Waals surface area contributed by atoms with E-state index < -0.39 is 23.9 Å². The molecule has 3 N–H and O–H groups in total. The molecule has 6 nitrogen and oxygen atoms in total. The van der Waals surface area contributed by atoms with Gasteiger partial charge in [-0.2, -0.15) is 0 Å². The van der Waals surface area contributed by atoms with Crippen molar-refractivity contribution < 1.29 is 24.5 Å². The first kappa shape index (κ1) is 18.3. The average molecular weight is 311 g/mol. The van der Waals surface area contributed by atoms with Crippen LogP contribution in [0.1, 0.15) is 39.4 Å². The Morgan fingerprint density at radius 3 is 2.50 bits per heavy atom. The molecule has 2 unspecified atom stereocenters. The lowest BCUT2D eigenvalue weighted by atomic mass is 10.0. The summed E-state index contributed by atoms with van der Waals surface area (Å²) in [6, 6.07) is 6.92. The van der Waals surface area contributed by atoms with Crippen molar-refractivity contribution in [2.45, 2.75) is 45.5 Å². The maximum absolute atomic E-state index is 11.5. The van der Waals surface area contributed by atoms with Crippen LogP contribution >= 0.6 is 0 Å². The number of benzene rings is 1. The molecule has 1 rings (SSSR count). The molecule has 0 radical (unpaired) electrons. The zero-order valence-corrected chi connectivity index (χ0v) is 13.5. The molecule has 0 heterocycles. The zero-order chi connectivity index (χ0) is 16.8. The van der Waals surface area contributed by atoms with Gasteiger partial charge < -0.3 is 25.0 Å². The third-order valence-corrected chi connectivity index (χ3v) is 2.76. The van der Waals surface area contributed by atoms with Gasteiger partial charge in [-0.25, -0.2) is 4.79 Å². The summed E-state index contributed by atoms with van der Waals surface area (Å²) in [5.41, 5.74) is -0.141. The van der Waals surface area contributed by atoms with E-state index in [1.165, 1.54) is 0 Å². The fraction of sp³-hybridized carbons (Fsp3) is 0.562. The Morgan fingerprint density at radius 1 is 1.27 bits per heavy atom. The molecule has 1 aromatic rings. The smallest absolute Gasteiger partial charge is 0.407 e. The van der Waals surface area contributed by atoms with Crippen LogP contribution in [-0.2, 0) is 4.74 Å². The van der Waals surface area contributed by atoms with Crippen molar-refractivity contribution in [2.75, 3.05) is 13.2 Å². The van der Waals surface area contributed by atoms with Crippen molar-refractivity contribution in [1.29, 1.82) is 0 Å². The minimum Gasteiger partial charge on any atom is -0.493 e. The Morgan fingerprint density at radius 2 is 1.91 bits per heavy atom. The molecule has 0 aliphatic heterocycles. The molecule has 6 heteroatoms.